The van der Waals surface area contributed by atoms with Gasteiger partial charge in [0.1, 0.15) is 11.8 Å². The zero-order valence-electron chi connectivity index (χ0n) is 20.7. The number of nitrogens with zero attached hydrogens (tertiary/aromatic N) is 1. The van der Waals surface area contributed by atoms with Crippen LogP contribution in [-0.2, 0) is 14.3 Å². The number of rotatable bonds is 14. The maximum absolute atomic E-state index is 13.2. The van der Waals surface area contributed by atoms with Gasteiger partial charge in [0.15, 0.2) is 0 Å². The summed E-state index contributed by atoms with van der Waals surface area (Å²) in [5, 5.41) is 2.75. The third-order valence-electron chi connectivity index (χ3n) is 5.75. The average Bonchev–Trinajstić information content (AvgIpc) is 2.80. The minimum atomic E-state index is -0.877. The Hall–Kier alpha value is -2.09. The first-order valence-corrected chi connectivity index (χ1v) is 13.3. The molecule has 1 aliphatic rings. The second-order valence-corrected chi connectivity index (χ2v) is 9.87. The van der Waals surface area contributed by atoms with E-state index >= 15 is 0 Å². The van der Waals surface area contributed by atoms with Crippen molar-refractivity contribution in [3.05, 3.63) is 28.2 Å². The number of carbonyl (C=O) groups is 3. The van der Waals surface area contributed by atoms with Gasteiger partial charge in [0.25, 0.3) is 5.91 Å². The van der Waals surface area contributed by atoms with Gasteiger partial charge in [0.2, 0.25) is 5.91 Å². The van der Waals surface area contributed by atoms with Gasteiger partial charge in [0, 0.05) is 18.7 Å². The minimum absolute atomic E-state index is 0.00447. The van der Waals surface area contributed by atoms with Crippen LogP contribution in [0.3, 0.4) is 0 Å². The summed E-state index contributed by atoms with van der Waals surface area (Å²) in [6.07, 6.45) is 9.15. The van der Waals surface area contributed by atoms with Crippen LogP contribution in [0.5, 0.6) is 5.75 Å². The van der Waals surface area contributed by atoms with Gasteiger partial charge in [-0.1, -0.05) is 51.9 Å². The molecule has 1 aromatic rings. The highest BCUT2D eigenvalue weighted by molar-refractivity contribution is 9.10. The first-order valence-electron chi connectivity index (χ1n) is 12.5. The van der Waals surface area contributed by atoms with Gasteiger partial charge in [0.05, 0.1) is 23.6 Å². The molecule has 1 saturated heterocycles. The van der Waals surface area contributed by atoms with E-state index in [-0.39, 0.29) is 24.3 Å². The molecule has 0 aromatic heterocycles. The molecular formula is C26H39BrN2O5. The van der Waals surface area contributed by atoms with Crippen molar-refractivity contribution in [3.63, 3.8) is 0 Å². The third-order valence-corrected chi connectivity index (χ3v) is 6.37. The summed E-state index contributed by atoms with van der Waals surface area (Å²) in [6, 6.07) is 4.21. The molecule has 7 nitrogen and oxygen atoms in total. The van der Waals surface area contributed by atoms with Crippen molar-refractivity contribution >= 4 is 33.7 Å². The van der Waals surface area contributed by atoms with Gasteiger partial charge >= 0.3 is 5.97 Å². The second-order valence-electron chi connectivity index (χ2n) is 9.02. The predicted molar refractivity (Wildman–Crippen MR) is 136 cm³/mol. The molecule has 1 N–H and O–H groups in total. The Labute approximate surface area is 212 Å². The van der Waals surface area contributed by atoms with Crippen LogP contribution in [0, 0.1) is 0 Å². The van der Waals surface area contributed by atoms with Crippen molar-refractivity contribution in [1.29, 1.82) is 0 Å². The molecule has 190 valence electrons. The second kappa shape index (κ2) is 15.0. The number of amides is 2. The van der Waals surface area contributed by atoms with Gasteiger partial charge < -0.3 is 19.7 Å². The fourth-order valence-corrected chi connectivity index (χ4v) is 4.42. The lowest BCUT2D eigenvalue weighted by atomic mass is 10.1. The molecule has 0 aliphatic carbocycles. The van der Waals surface area contributed by atoms with Crippen molar-refractivity contribution in [2.45, 2.75) is 90.7 Å². The summed E-state index contributed by atoms with van der Waals surface area (Å²) >= 11 is 3.45. The summed E-state index contributed by atoms with van der Waals surface area (Å²) in [6.45, 7) is 7.10. The van der Waals surface area contributed by atoms with Gasteiger partial charge in [-0.25, -0.2) is 0 Å². The Bertz CT molecular complexity index is 814. The molecule has 1 atom stereocenters. The summed E-state index contributed by atoms with van der Waals surface area (Å²) in [7, 11) is 0. The number of nitrogens with one attached hydrogen (secondary N) is 1. The summed E-state index contributed by atoms with van der Waals surface area (Å²) in [5.41, 5.74) is 0.426. The van der Waals surface area contributed by atoms with Crippen molar-refractivity contribution in [3.8, 4) is 5.75 Å². The highest BCUT2D eigenvalue weighted by Crippen LogP contribution is 2.28. The van der Waals surface area contributed by atoms with Gasteiger partial charge in [-0.2, -0.15) is 0 Å². The smallest absolute Gasteiger partial charge is 0.308 e. The molecule has 0 radical (unpaired) electrons. The van der Waals surface area contributed by atoms with Crippen molar-refractivity contribution in [2.75, 3.05) is 19.7 Å². The van der Waals surface area contributed by atoms with Crippen LogP contribution in [0.25, 0.3) is 0 Å². The fraction of sp³-hybridized carbons (Fsp3) is 0.654. The van der Waals surface area contributed by atoms with Crippen LogP contribution in [0.4, 0.5) is 0 Å². The van der Waals surface area contributed by atoms with Gasteiger partial charge in [-0.15, -0.1) is 0 Å². The van der Waals surface area contributed by atoms with E-state index in [9.17, 15) is 14.4 Å². The Balaban J connectivity index is 1.86. The number of halogens is 1. The average molecular weight is 540 g/mol. The number of esters is 1. The summed E-state index contributed by atoms with van der Waals surface area (Å²) in [4.78, 5) is 39.5. The van der Waals surface area contributed by atoms with Crippen molar-refractivity contribution in [2.24, 2.45) is 0 Å². The Morgan fingerprint density at radius 1 is 1.12 bits per heavy atom. The lowest BCUT2D eigenvalue weighted by molar-refractivity contribution is -0.147. The van der Waals surface area contributed by atoms with E-state index in [1.54, 1.807) is 18.2 Å². The zero-order valence-corrected chi connectivity index (χ0v) is 22.3. The number of benzene rings is 1. The van der Waals surface area contributed by atoms with Crippen LogP contribution in [0.15, 0.2) is 22.7 Å². The molecule has 0 spiro atoms. The van der Waals surface area contributed by atoms with Crippen LogP contribution in [0.2, 0.25) is 0 Å². The van der Waals surface area contributed by atoms with E-state index in [0.29, 0.717) is 35.5 Å². The quantitative estimate of drug-likeness (QED) is 0.258. The SMILES string of the molecule is CCCCCCCCCCOC(=O)CC1C(=O)NCCN1C(=O)c1ccc(OC(C)C)c(Br)c1. The fourth-order valence-electron chi connectivity index (χ4n) is 3.95. The molecule has 0 bridgehead atoms. The molecule has 2 rings (SSSR count). The number of hydrogen-bond acceptors (Lipinski definition) is 5. The van der Waals surface area contributed by atoms with Crippen LogP contribution in [-0.4, -0.2) is 54.5 Å². The third kappa shape index (κ3) is 9.28. The van der Waals surface area contributed by atoms with E-state index in [2.05, 4.69) is 28.2 Å². The van der Waals surface area contributed by atoms with Crippen molar-refractivity contribution < 1.29 is 23.9 Å². The minimum Gasteiger partial charge on any atom is -0.490 e. The predicted octanol–water partition coefficient (Wildman–Crippen LogP) is 5.25. The number of piperazine rings is 1. The molecule has 2 amide bonds. The highest BCUT2D eigenvalue weighted by Gasteiger charge is 2.35. The maximum atomic E-state index is 13.2. The van der Waals surface area contributed by atoms with Gasteiger partial charge in [-0.3, -0.25) is 14.4 Å². The summed E-state index contributed by atoms with van der Waals surface area (Å²) in [5.74, 6) is -0.441. The first kappa shape index (κ1) is 28.1. The molecule has 1 aromatic carbocycles. The number of carbonyl (C=O) groups excluding carboxylic acids is 3. The first-order chi connectivity index (χ1) is 16.3. The number of hydrogen-bond donors (Lipinski definition) is 1. The Kier molecular flexibility index (Phi) is 12.4. The summed E-state index contributed by atoms with van der Waals surface area (Å²) < 4.78 is 11.7. The van der Waals surface area contributed by atoms with Gasteiger partial charge in [-0.05, 0) is 54.4 Å². The highest BCUT2D eigenvalue weighted by atomic mass is 79.9. The molecule has 1 fully saturated rings. The molecule has 1 unspecified atom stereocenters. The molecule has 34 heavy (non-hydrogen) atoms. The number of unbranched alkanes of at least 4 members (excludes halogenated alkanes) is 7. The van der Waals surface area contributed by atoms with E-state index in [1.807, 2.05) is 13.8 Å². The van der Waals surface area contributed by atoms with E-state index in [1.165, 1.54) is 37.0 Å². The van der Waals surface area contributed by atoms with Crippen LogP contribution < -0.4 is 10.1 Å². The van der Waals surface area contributed by atoms with E-state index in [4.69, 9.17) is 9.47 Å². The lowest BCUT2D eigenvalue weighted by Crippen LogP contribution is -2.57. The maximum Gasteiger partial charge on any atom is 0.308 e. The van der Waals surface area contributed by atoms with E-state index < -0.39 is 12.0 Å². The largest absolute Gasteiger partial charge is 0.490 e. The zero-order chi connectivity index (χ0) is 24.9. The molecule has 0 saturated carbocycles. The monoisotopic (exact) mass is 538 g/mol. The molecule has 1 heterocycles. The normalized spacial score (nSPS) is 15.9. The lowest BCUT2D eigenvalue weighted by Gasteiger charge is -2.34. The van der Waals surface area contributed by atoms with Crippen molar-refractivity contribution in [1.82, 2.24) is 10.2 Å². The Morgan fingerprint density at radius 3 is 2.44 bits per heavy atom. The molecule has 8 heteroatoms. The Morgan fingerprint density at radius 2 is 1.79 bits per heavy atom. The standard InChI is InChI=1S/C26H39BrN2O5/c1-4-5-6-7-8-9-10-11-16-33-24(30)18-22-25(31)28-14-15-29(22)26(32)20-12-13-23(21(27)17-20)34-19(2)3/h12-13,17,19,22H,4-11,14-16,18H2,1-3H3,(H,28,31). The number of ether oxygens (including phenoxy) is 2. The molecule has 1 aliphatic heterocycles. The topological polar surface area (TPSA) is 84.9 Å². The van der Waals surface area contributed by atoms with Crippen LogP contribution >= 0.6 is 15.9 Å². The van der Waals surface area contributed by atoms with E-state index in [0.717, 1.165) is 19.3 Å². The van der Waals surface area contributed by atoms with Crippen LogP contribution in [0.1, 0.15) is 88.9 Å². The molecular weight excluding hydrogens is 500 g/mol.